The molecule has 1 aliphatic heterocycles. The van der Waals surface area contributed by atoms with Crippen molar-refractivity contribution in [3.8, 4) is 0 Å². The van der Waals surface area contributed by atoms with Gasteiger partial charge < -0.3 is 5.01 Å². The van der Waals surface area contributed by atoms with Gasteiger partial charge in [-0.3, -0.25) is 0 Å². The fourth-order valence-corrected chi connectivity index (χ4v) is 2.21. The van der Waals surface area contributed by atoms with Crippen molar-refractivity contribution < 1.29 is 18.0 Å². The molecule has 0 spiro atoms. The van der Waals surface area contributed by atoms with Crippen molar-refractivity contribution in [2.45, 2.75) is 24.9 Å². The Morgan fingerprint density at radius 3 is 2.42 bits per heavy atom. The number of nitrogens with two attached hydrogens (primary N) is 1. The van der Waals surface area contributed by atoms with Crippen molar-refractivity contribution in [3.63, 3.8) is 0 Å². The fraction of sp³-hybridized carbons (Fsp3) is 0.385. The highest BCUT2D eigenvalue weighted by Crippen LogP contribution is 2.34. The first-order chi connectivity index (χ1) is 8.91. The minimum atomic E-state index is -4.33. The Hall–Kier alpha value is -1.78. The molecule has 1 aromatic rings. The van der Waals surface area contributed by atoms with Crippen molar-refractivity contribution in [1.29, 1.82) is 0 Å². The number of halogens is 3. The van der Waals surface area contributed by atoms with E-state index in [0.717, 1.165) is 17.7 Å². The lowest BCUT2D eigenvalue weighted by atomic mass is 9.88. The summed E-state index contributed by atoms with van der Waals surface area (Å²) in [5.41, 5.74) is 0.476. The zero-order chi connectivity index (χ0) is 14.0. The van der Waals surface area contributed by atoms with E-state index in [9.17, 15) is 18.0 Å². The van der Waals surface area contributed by atoms with Gasteiger partial charge in [0, 0.05) is 13.0 Å². The van der Waals surface area contributed by atoms with Crippen LogP contribution in [0.3, 0.4) is 0 Å². The minimum Gasteiger partial charge on any atom is -0.304 e. The summed E-state index contributed by atoms with van der Waals surface area (Å²) in [4.78, 5) is 10.7. The summed E-state index contributed by atoms with van der Waals surface area (Å²) in [6.45, 7) is 0.496. The highest BCUT2D eigenvalue weighted by Gasteiger charge is 2.30. The van der Waals surface area contributed by atoms with E-state index in [1.165, 1.54) is 17.1 Å². The molecule has 1 atom stereocenters. The normalized spacial score (nSPS) is 20.3. The number of rotatable bonds is 1. The number of hydrazine groups is 1. The molecule has 0 saturated carbocycles. The maximum absolute atomic E-state index is 12.5. The Morgan fingerprint density at radius 2 is 1.89 bits per heavy atom. The molecule has 2 N–H and O–H groups in total. The molecule has 0 aromatic heterocycles. The van der Waals surface area contributed by atoms with Gasteiger partial charge in [0.2, 0.25) is 0 Å². The lowest BCUT2D eigenvalue weighted by Crippen LogP contribution is -2.36. The molecule has 0 amide bonds. The lowest BCUT2D eigenvalue weighted by molar-refractivity contribution is -0.137. The highest BCUT2D eigenvalue weighted by molar-refractivity contribution is 5.52. The highest BCUT2D eigenvalue weighted by atomic mass is 19.4. The maximum Gasteiger partial charge on any atom is 0.416 e. The first-order valence-electron chi connectivity index (χ1n) is 5.85. The molecule has 0 radical (unpaired) electrons. The number of alkyl halides is 3. The molecule has 1 saturated heterocycles. The lowest BCUT2D eigenvalue weighted by Gasteiger charge is -2.30. The predicted octanol–water partition coefficient (Wildman–Crippen LogP) is 2.47. The van der Waals surface area contributed by atoms with Gasteiger partial charge >= 0.3 is 6.18 Å². The first-order valence-corrected chi connectivity index (χ1v) is 5.85. The number of allylic oxidation sites excluding steroid dienone is 1. The first kappa shape index (κ1) is 13.6. The number of hydrogen-bond acceptors (Lipinski definition) is 3. The molecule has 1 unspecified atom stereocenters. The molecule has 0 aliphatic carbocycles. The van der Waals surface area contributed by atoms with Gasteiger partial charge in [-0.1, -0.05) is 12.1 Å². The van der Waals surface area contributed by atoms with Crippen LogP contribution in [0.5, 0.6) is 0 Å². The van der Waals surface area contributed by atoms with Gasteiger partial charge in [0.1, 0.15) is 11.6 Å². The second-order valence-electron chi connectivity index (χ2n) is 4.55. The number of carbonyl (C=O) groups excluding carboxylic acids is 1. The van der Waals surface area contributed by atoms with Gasteiger partial charge in [0.15, 0.2) is 0 Å². The minimum absolute atomic E-state index is 0.0125. The van der Waals surface area contributed by atoms with E-state index in [0.29, 0.717) is 25.1 Å². The van der Waals surface area contributed by atoms with Gasteiger partial charge in [0.25, 0.3) is 0 Å². The Kier molecular flexibility index (Phi) is 3.64. The summed E-state index contributed by atoms with van der Waals surface area (Å²) >= 11 is 0. The Bertz CT molecular complexity index is 504. The van der Waals surface area contributed by atoms with E-state index in [4.69, 9.17) is 5.84 Å². The second kappa shape index (κ2) is 5.07. The van der Waals surface area contributed by atoms with Crippen LogP contribution in [-0.4, -0.2) is 17.5 Å². The molecule has 0 bridgehead atoms. The Balaban J connectivity index is 2.17. The Morgan fingerprint density at radius 1 is 1.26 bits per heavy atom. The third-order valence-electron chi connectivity index (χ3n) is 3.33. The average Bonchev–Trinajstić information content (AvgIpc) is 2.38. The molecule has 1 aliphatic rings. The fourth-order valence-electron chi connectivity index (χ4n) is 2.21. The average molecular weight is 270 g/mol. The van der Waals surface area contributed by atoms with Gasteiger partial charge in [-0.25, -0.2) is 10.6 Å². The van der Waals surface area contributed by atoms with Crippen LogP contribution in [-0.2, 0) is 11.0 Å². The SMILES string of the molecule is NN1CCC(c2ccc(C(F)(F)F)cc2)CC1=C=O. The third kappa shape index (κ3) is 2.97. The van der Waals surface area contributed by atoms with Crippen LogP contribution in [0.1, 0.15) is 29.9 Å². The van der Waals surface area contributed by atoms with Crippen molar-refractivity contribution in [3.05, 3.63) is 41.1 Å². The van der Waals surface area contributed by atoms with Crippen LogP contribution in [0, 0.1) is 0 Å². The van der Waals surface area contributed by atoms with Gasteiger partial charge in [0.05, 0.1) is 5.56 Å². The van der Waals surface area contributed by atoms with Crippen LogP contribution >= 0.6 is 0 Å². The quantitative estimate of drug-likeness (QED) is 0.630. The molecule has 1 heterocycles. The zero-order valence-electron chi connectivity index (χ0n) is 10.1. The van der Waals surface area contributed by atoms with E-state index >= 15 is 0 Å². The number of hydrogen-bond donors (Lipinski definition) is 1. The number of benzene rings is 1. The second-order valence-corrected chi connectivity index (χ2v) is 4.55. The molecule has 6 heteroatoms. The van der Waals surface area contributed by atoms with Crippen LogP contribution in [0.2, 0.25) is 0 Å². The molecule has 19 heavy (non-hydrogen) atoms. The zero-order valence-corrected chi connectivity index (χ0v) is 10.1. The van der Waals surface area contributed by atoms with E-state index in [1.54, 1.807) is 5.94 Å². The number of nitrogens with zero attached hydrogens (tertiary/aromatic N) is 1. The largest absolute Gasteiger partial charge is 0.416 e. The standard InChI is InChI=1S/C13H13F3N2O/c14-13(15,16)11-3-1-9(2-4-11)10-5-6-18(17)12(7-10)8-19/h1-4,10H,5-7,17H2. The van der Waals surface area contributed by atoms with Crippen molar-refractivity contribution in [2.24, 2.45) is 5.84 Å². The van der Waals surface area contributed by atoms with E-state index in [1.807, 2.05) is 0 Å². The van der Waals surface area contributed by atoms with E-state index < -0.39 is 11.7 Å². The van der Waals surface area contributed by atoms with Crippen LogP contribution < -0.4 is 5.84 Å². The molecular formula is C13H13F3N2O. The summed E-state index contributed by atoms with van der Waals surface area (Å²) < 4.78 is 37.4. The Labute approximate surface area is 108 Å². The van der Waals surface area contributed by atoms with Crippen molar-refractivity contribution in [2.75, 3.05) is 6.54 Å². The maximum atomic E-state index is 12.5. The molecule has 1 fully saturated rings. The topological polar surface area (TPSA) is 46.3 Å². The summed E-state index contributed by atoms with van der Waals surface area (Å²) in [5, 5.41) is 1.34. The van der Waals surface area contributed by atoms with Crippen molar-refractivity contribution >= 4 is 5.94 Å². The molecule has 1 aromatic carbocycles. The monoisotopic (exact) mass is 270 g/mol. The van der Waals surface area contributed by atoms with Gasteiger partial charge in [-0.15, -0.1) is 0 Å². The molecule has 102 valence electrons. The van der Waals surface area contributed by atoms with Crippen molar-refractivity contribution in [1.82, 2.24) is 5.01 Å². The van der Waals surface area contributed by atoms with Crippen LogP contribution in [0.15, 0.2) is 30.0 Å². The van der Waals surface area contributed by atoms with Gasteiger partial charge in [-0.2, -0.15) is 13.2 Å². The third-order valence-corrected chi connectivity index (χ3v) is 3.33. The summed E-state index contributed by atoms with van der Waals surface area (Å²) in [5.74, 6) is 7.39. The van der Waals surface area contributed by atoms with Crippen LogP contribution in [0.25, 0.3) is 0 Å². The summed E-state index contributed by atoms with van der Waals surface area (Å²) in [6, 6.07) is 5.05. The summed E-state index contributed by atoms with van der Waals surface area (Å²) in [7, 11) is 0. The smallest absolute Gasteiger partial charge is 0.304 e. The molecule has 2 rings (SSSR count). The summed E-state index contributed by atoms with van der Waals surface area (Å²) in [6.07, 6.45) is -3.22. The number of piperidine rings is 1. The van der Waals surface area contributed by atoms with Gasteiger partial charge in [-0.05, 0) is 30.0 Å². The van der Waals surface area contributed by atoms with Crippen LogP contribution in [0.4, 0.5) is 13.2 Å². The molecule has 3 nitrogen and oxygen atoms in total. The predicted molar refractivity (Wildman–Crippen MR) is 63.5 cm³/mol. The molecular weight excluding hydrogens is 257 g/mol. The van der Waals surface area contributed by atoms with E-state index in [-0.39, 0.29) is 5.92 Å². The van der Waals surface area contributed by atoms with E-state index in [2.05, 4.69) is 0 Å².